The van der Waals surface area contributed by atoms with Crippen LogP contribution in [0.5, 0.6) is 0 Å². The van der Waals surface area contributed by atoms with Gasteiger partial charge < -0.3 is 39.0 Å². The van der Waals surface area contributed by atoms with E-state index in [4.69, 9.17) is 23.7 Å². The molecule has 4 heterocycles. The molecule has 0 amide bonds. The molecule has 266 valence electrons. The predicted octanol–water partition coefficient (Wildman–Crippen LogP) is 4.63. The minimum Gasteiger partial charge on any atom is -0.462 e. The summed E-state index contributed by atoms with van der Waals surface area (Å²) in [7, 11) is 0. The van der Waals surface area contributed by atoms with Gasteiger partial charge in [0.2, 0.25) is 5.79 Å². The quantitative estimate of drug-likeness (QED) is 0.288. The largest absolute Gasteiger partial charge is 0.462 e. The van der Waals surface area contributed by atoms with Gasteiger partial charge in [0, 0.05) is 18.8 Å². The second-order valence-corrected chi connectivity index (χ2v) is 14.9. The Morgan fingerprint density at radius 1 is 1.15 bits per heavy atom. The maximum absolute atomic E-state index is 14.2. The van der Waals surface area contributed by atoms with Crippen molar-refractivity contribution in [1.29, 1.82) is 0 Å². The van der Waals surface area contributed by atoms with Crippen LogP contribution in [0.3, 0.4) is 0 Å². The molecule has 5 aliphatic rings. The molecule has 12 atom stereocenters. The Morgan fingerprint density at radius 3 is 2.56 bits per heavy atom. The van der Waals surface area contributed by atoms with Crippen LogP contribution < -0.4 is 0 Å². The highest BCUT2D eigenvalue weighted by molar-refractivity contribution is 5.78. The summed E-state index contributed by atoms with van der Waals surface area (Å²) in [6.07, 6.45) is 6.59. The van der Waals surface area contributed by atoms with E-state index in [1.165, 1.54) is 0 Å². The van der Waals surface area contributed by atoms with Gasteiger partial charge in [-0.1, -0.05) is 69.7 Å². The number of fused-ring (bicyclic) bond motifs is 2. The van der Waals surface area contributed by atoms with Crippen LogP contribution >= 0.6 is 0 Å². The highest BCUT2D eigenvalue weighted by atomic mass is 16.7. The zero-order chi connectivity index (χ0) is 35.1. The molecule has 5 rings (SSSR count). The van der Waals surface area contributed by atoms with Crippen LogP contribution in [0.25, 0.3) is 0 Å². The first kappa shape index (κ1) is 36.7. The standard InChI is InChI=1S/C38H54O10/c1-9-23(6)31-25(8)32(46-35(41)20(2)3)33(40)37(48-31)18-28-17-27(47-37)14-13-22(5)15-21(4)11-10-12-26-19-44-34-30(39)24(7)16-29(36(42)45-28)38(26,34)43/h9-13,16,20-21,25,27-34,39-40,43H,14-15,17-19H2,1-8H3/b11-10+,22-13+,23-9+,26-12+/t21-,25+,27+,28-,29-,30+,31+,32?,33+,34+,37-,38+/m0/s1. The van der Waals surface area contributed by atoms with E-state index >= 15 is 0 Å². The van der Waals surface area contributed by atoms with Gasteiger partial charge in [-0.15, -0.1) is 0 Å². The Labute approximate surface area is 284 Å². The second-order valence-electron chi connectivity index (χ2n) is 14.9. The fraction of sp³-hybridized carbons (Fsp3) is 0.684. The summed E-state index contributed by atoms with van der Waals surface area (Å²) in [6.45, 7) is 15.1. The highest BCUT2D eigenvalue weighted by Gasteiger charge is 2.62. The molecule has 0 saturated carbocycles. The number of hydrogen-bond donors (Lipinski definition) is 3. The van der Waals surface area contributed by atoms with Crippen LogP contribution in [0, 0.1) is 23.7 Å². The Balaban J connectivity index is 1.57. The van der Waals surface area contributed by atoms with Crippen molar-refractivity contribution in [3.63, 3.8) is 0 Å². The number of carbonyl (C=O) groups is 2. The fourth-order valence-electron chi connectivity index (χ4n) is 7.85. The molecule has 0 aromatic rings. The van der Waals surface area contributed by atoms with Gasteiger partial charge in [-0.05, 0) is 63.2 Å². The summed E-state index contributed by atoms with van der Waals surface area (Å²) in [5, 5.41) is 35.2. The normalized spacial score (nSPS) is 45.3. The second kappa shape index (κ2) is 14.3. The molecular weight excluding hydrogens is 616 g/mol. The molecule has 0 aromatic heterocycles. The third-order valence-corrected chi connectivity index (χ3v) is 10.8. The Morgan fingerprint density at radius 2 is 1.88 bits per heavy atom. The number of rotatable bonds is 3. The van der Waals surface area contributed by atoms with E-state index in [1.54, 1.807) is 32.9 Å². The summed E-state index contributed by atoms with van der Waals surface area (Å²) < 4.78 is 31.5. The Kier molecular flexibility index (Phi) is 10.9. The van der Waals surface area contributed by atoms with Crippen molar-refractivity contribution in [3.8, 4) is 0 Å². The lowest BCUT2D eigenvalue weighted by molar-refractivity contribution is -0.380. The molecule has 0 radical (unpaired) electrons. The lowest BCUT2D eigenvalue weighted by Gasteiger charge is -2.54. The average Bonchev–Trinajstić information content (AvgIpc) is 3.37. The number of carbonyl (C=O) groups excluding carboxylic acids is 2. The van der Waals surface area contributed by atoms with Crippen molar-refractivity contribution in [2.24, 2.45) is 23.7 Å². The maximum atomic E-state index is 14.2. The number of hydrogen-bond acceptors (Lipinski definition) is 10. The average molecular weight is 671 g/mol. The number of ether oxygens (including phenoxy) is 5. The van der Waals surface area contributed by atoms with Gasteiger partial charge in [-0.25, -0.2) is 0 Å². The molecule has 10 heteroatoms. The zero-order valence-corrected chi connectivity index (χ0v) is 29.5. The summed E-state index contributed by atoms with van der Waals surface area (Å²) in [6, 6.07) is 0. The SMILES string of the molecule is C/C=C(\C)[C@H]1O[C@@]2(C[C@@H]3C[C@@H](C/C=C(\C)C[C@@H](C)/C=C/C=C4\CO[C@@H]5[C@H](O)C(C)=C[C@@H](C(=O)O3)[C@]45O)O2)[C@H](O)C(OC(=O)C(C)C)[C@@H]1C. The van der Waals surface area contributed by atoms with E-state index in [0.717, 1.165) is 17.6 Å². The molecule has 1 spiro atoms. The zero-order valence-electron chi connectivity index (χ0n) is 29.5. The van der Waals surface area contributed by atoms with E-state index in [2.05, 4.69) is 19.9 Å². The van der Waals surface area contributed by atoms with Crippen LogP contribution in [0.4, 0.5) is 0 Å². The van der Waals surface area contributed by atoms with Gasteiger partial charge in [-0.2, -0.15) is 0 Å². The summed E-state index contributed by atoms with van der Waals surface area (Å²) in [5.74, 6) is -4.54. The molecular formula is C38H54O10. The third-order valence-electron chi connectivity index (χ3n) is 10.8. The first-order chi connectivity index (χ1) is 22.6. The molecule has 1 aliphatic carbocycles. The molecule has 0 aromatic carbocycles. The molecule has 3 N–H and O–H groups in total. The highest BCUT2D eigenvalue weighted by Crippen LogP contribution is 2.48. The van der Waals surface area contributed by atoms with Gasteiger partial charge in [-0.3, -0.25) is 9.59 Å². The lowest BCUT2D eigenvalue weighted by atomic mass is 9.71. The van der Waals surface area contributed by atoms with E-state index in [-0.39, 0.29) is 18.9 Å². The summed E-state index contributed by atoms with van der Waals surface area (Å²) in [5.41, 5.74) is 1.21. The summed E-state index contributed by atoms with van der Waals surface area (Å²) >= 11 is 0. The first-order valence-corrected chi connectivity index (χ1v) is 17.4. The Bertz CT molecular complexity index is 1390. The first-order valence-electron chi connectivity index (χ1n) is 17.4. The van der Waals surface area contributed by atoms with Crippen molar-refractivity contribution in [1.82, 2.24) is 0 Å². The summed E-state index contributed by atoms with van der Waals surface area (Å²) in [4.78, 5) is 27.1. The number of esters is 2. The minimum atomic E-state index is -1.82. The van der Waals surface area contributed by atoms with Crippen LogP contribution in [-0.2, 0) is 33.3 Å². The smallest absolute Gasteiger partial charge is 0.316 e. The Hall–Kier alpha value is -2.60. The lowest BCUT2D eigenvalue weighted by Crippen LogP contribution is -2.67. The molecule has 2 bridgehead atoms. The van der Waals surface area contributed by atoms with Gasteiger partial charge in [0.05, 0.1) is 24.7 Å². The van der Waals surface area contributed by atoms with Crippen molar-refractivity contribution in [2.45, 2.75) is 135 Å². The van der Waals surface area contributed by atoms with Crippen molar-refractivity contribution >= 4 is 11.9 Å². The molecule has 10 nitrogen and oxygen atoms in total. The van der Waals surface area contributed by atoms with Crippen molar-refractivity contribution < 1.29 is 48.6 Å². The molecule has 3 saturated heterocycles. The van der Waals surface area contributed by atoms with Crippen molar-refractivity contribution in [2.75, 3.05) is 6.61 Å². The van der Waals surface area contributed by atoms with E-state index in [1.807, 2.05) is 39.0 Å². The van der Waals surface area contributed by atoms with Crippen LogP contribution in [0.1, 0.15) is 81.1 Å². The molecule has 3 fully saturated rings. The predicted molar refractivity (Wildman–Crippen MR) is 178 cm³/mol. The fourth-order valence-corrected chi connectivity index (χ4v) is 7.85. The van der Waals surface area contributed by atoms with E-state index in [0.29, 0.717) is 24.0 Å². The van der Waals surface area contributed by atoms with Gasteiger partial charge in [0.25, 0.3) is 0 Å². The van der Waals surface area contributed by atoms with E-state index in [9.17, 15) is 24.9 Å². The molecule has 48 heavy (non-hydrogen) atoms. The minimum absolute atomic E-state index is 0.0199. The number of allylic oxidation sites excluding steroid dienone is 5. The molecule has 1 unspecified atom stereocenters. The monoisotopic (exact) mass is 670 g/mol. The maximum Gasteiger partial charge on any atom is 0.316 e. The van der Waals surface area contributed by atoms with Gasteiger partial charge >= 0.3 is 11.9 Å². The van der Waals surface area contributed by atoms with Crippen molar-refractivity contribution in [3.05, 3.63) is 58.7 Å². The third kappa shape index (κ3) is 6.89. The topological polar surface area (TPSA) is 141 Å². The van der Waals surface area contributed by atoms with Gasteiger partial charge in [0.15, 0.2) is 0 Å². The van der Waals surface area contributed by atoms with Gasteiger partial charge in [0.1, 0.15) is 42.0 Å². The van der Waals surface area contributed by atoms with Crippen LogP contribution in [-0.4, -0.2) is 88.0 Å². The van der Waals surface area contributed by atoms with Crippen LogP contribution in [0.2, 0.25) is 0 Å². The molecule has 4 aliphatic heterocycles. The number of aliphatic hydroxyl groups is 3. The number of aliphatic hydroxyl groups excluding tert-OH is 2. The van der Waals surface area contributed by atoms with E-state index < -0.39 is 83.8 Å². The van der Waals surface area contributed by atoms with Crippen LogP contribution in [0.15, 0.2) is 58.7 Å².